The number of pyridine rings is 1. The second-order valence-electron chi connectivity index (χ2n) is 13.5. The lowest BCUT2D eigenvalue weighted by atomic mass is 9.62. The second-order valence-corrected chi connectivity index (χ2v) is 14.5. The van der Waals surface area contributed by atoms with Crippen LogP contribution in [0.4, 0.5) is 0 Å². The van der Waals surface area contributed by atoms with Gasteiger partial charge in [0.2, 0.25) is 0 Å². The molecule has 3 heteroatoms. The molecule has 0 aliphatic carbocycles. The molecule has 51 heavy (non-hydrogen) atoms. The summed E-state index contributed by atoms with van der Waals surface area (Å²) in [5, 5.41) is 2.57. The van der Waals surface area contributed by atoms with Gasteiger partial charge in [-0.05, 0) is 63.7 Å². The van der Waals surface area contributed by atoms with Crippen LogP contribution in [0.2, 0.25) is 0 Å². The molecule has 1 unspecified atom stereocenters. The quantitative estimate of drug-likeness (QED) is 0.187. The highest BCUT2D eigenvalue weighted by atomic mass is 32.2. The molecule has 0 bridgehead atoms. The van der Waals surface area contributed by atoms with E-state index in [1.54, 1.807) is 0 Å². The number of aromatic nitrogens is 2. The first kappa shape index (κ1) is 28.7. The maximum absolute atomic E-state index is 5.43. The van der Waals surface area contributed by atoms with Crippen LogP contribution in [0.5, 0.6) is 0 Å². The van der Waals surface area contributed by atoms with Gasteiger partial charge in [-0.1, -0.05) is 163 Å². The van der Waals surface area contributed by atoms with Crippen LogP contribution in [0.15, 0.2) is 192 Å². The minimum absolute atomic E-state index is 0.535. The lowest BCUT2D eigenvalue weighted by Crippen LogP contribution is -2.37. The van der Waals surface area contributed by atoms with Gasteiger partial charge in [-0.2, -0.15) is 0 Å². The Kier molecular flexibility index (Phi) is 6.14. The van der Waals surface area contributed by atoms with E-state index in [9.17, 15) is 0 Å². The van der Waals surface area contributed by atoms with Crippen LogP contribution in [0.1, 0.15) is 22.3 Å². The van der Waals surface area contributed by atoms with Crippen molar-refractivity contribution >= 4 is 33.6 Å². The molecule has 0 saturated heterocycles. The van der Waals surface area contributed by atoms with E-state index in [4.69, 9.17) is 4.98 Å². The molecule has 2 nitrogen and oxygen atoms in total. The average Bonchev–Trinajstić information content (AvgIpc) is 3.55. The van der Waals surface area contributed by atoms with E-state index >= 15 is 0 Å². The highest BCUT2D eigenvalue weighted by Crippen LogP contribution is 2.61. The highest BCUT2D eigenvalue weighted by molar-refractivity contribution is 7.99. The van der Waals surface area contributed by atoms with Crippen molar-refractivity contribution < 1.29 is 0 Å². The molecule has 1 spiro atoms. The van der Waals surface area contributed by atoms with E-state index in [1.807, 2.05) is 11.8 Å². The predicted octanol–water partition coefficient (Wildman–Crippen LogP) is 12.3. The largest absolute Gasteiger partial charge is 0.309 e. The Bertz CT molecular complexity index is 2780. The van der Waals surface area contributed by atoms with Gasteiger partial charge in [0, 0.05) is 31.7 Å². The topological polar surface area (TPSA) is 17.8 Å². The molecule has 9 aromatic rings. The summed E-state index contributed by atoms with van der Waals surface area (Å²) in [7, 11) is 0. The minimum atomic E-state index is -0.535. The van der Waals surface area contributed by atoms with E-state index in [1.165, 1.54) is 65.1 Å². The highest BCUT2D eigenvalue weighted by Gasteiger charge is 2.49. The number of fused-ring (bicyclic) bond motifs is 11. The van der Waals surface area contributed by atoms with Gasteiger partial charge in [0.15, 0.2) is 0 Å². The number of para-hydroxylation sites is 3. The van der Waals surface area contributed by atoms with Crippen LogP contribution >= 0.6 is 11.8 Å². The molecular weight excluding hydrogens is 637 g/mol. The van der Waals surface area contributed by atoms with Gasteiger partial charge in [-0.3, -0.25) is 0 Å². The fourth-order valence-electron chi connectivity index (χ4n) is 8.77. The molecule has 0 radical (unpaired) electrons. The van der Waals surface area contributed by atoms with Gasteiger partial charge in [0.25, 0.3) is 0 Å². The van der Waals surface area contributed by atoms with Crippen molar-refractivity contribution in [2.45, 2.75) is 15.2 Å². The first-order valence-electron chi connectivity index (χ1n) is 17.5. The van der Waals surface area contributed by atoms with Gasteiger partial charge in [-0.25, -0.2) is 4.98 Å². The third-order valence-corrected chi connectivity index (χ3v) is 12.1. The summed E-state index contributed by atoms with van der Waals surface area (Å²) in [5.41, 5.74) is 15.0. The summed E-state index contributed by atoms with van der Waals surface area (Å²) in [6, 6.07) is 66.5. The zero-order valence-corrected chi connectivity index (χ0v) is 28.4. The van der Waals surface area contributed by atoms with Crippen molar-refractivity contribution in [3.8, 4) is 39.3 Å². The Morgan fingerprint density at radius 1 is 0.451 bits per heavy atom. The average molecular weight is 667 g/mol. The van der Waals surface area contributed by atoms with Gasteiger partial charge in [0.05, 0.1) is 33.5 Å². The zero-order valence-electron chi connectivity index (χ0n) is 27.6. The summed E-state index contributed by atoms with van der Waals surface area (Å²) < 4.78 is 2.51. The summed E-state index contributed by atoms with van der Waals surface area (Å²) in [5.74, 6) is 0. The maximum Gasteiger partial charge on any atom is 0.0764 e. The molecule has 0 fully saturated rings. The number of rotatable bonds is 3. The molecular formula is C48H30N2S. The van der Waals surface area contributed by atoms with Gasteiger partial charge in [0.1, 0.15) is 0 Å². The van der Waals surface area contributed by atoms with E-state index in [0.717, 1.165) is 28.1 Å². The summed E-state index contributed by atoms with van der Waals surface area (Å²) in [4.78, 5) is 7.96. The fraction of sp³-hybridized carbons (Fsp3) is 0.0208. The number of hydrogen-bond donors (Lipinski definition) is 0. The molecule has 238 valence electrons. The van der Waals surface area contributed by atoms with Crippen molar-refractivity contribution in [1.29, 1.82) is 0 Å². The molecule has 2 aliphatic heterocycles. The SMILES string of the molecule is c1ccc(-c2cc(-c3ccccc3)nc(-c3cccc4c3Sc3ccccc3C43c4ccccc4-n4c5ccccc5c5cccc3c54)c2)cc1. The molecule has 2 aliphatic rings. The van der Waals surface area contributed by atoms with Crippen molar-refractivity contribution in [1.82, 2.24) is 9.55 Å². The Hall–Kier alpha value is -6.16. The number of nitrogens with zero attached hydrogens (tertiary/aromatic N) is 2. The lowest BCUT2D eigenvalue weighted by Gasteiger charge is -2.45. The van der Waals surface area contributed by atoms with E-state index < -0.39 is 5.41 Å². The van der Waals surface area contributed by atoms with Crippen molar-refractivity contribution in [2.24, 2.45) is 0 Å². The third kappa shape index (κ3) is 3.98. The Morgan fingerprint density at radius 3 is 1.94 bits per heavy atom. The molecule has 7 aromatic carbocycles. The third-order valence-electron chi connectivity index (χ3n) is 10.8. The minimum Gasteiger partial charge on any atom is -0.309 e. The maximum atomic E-state index is 5.43. The normalized spacial score (nSPS) is 15.5. The van der Waals surface area contributed by atoms with Crippen molar-refractivity contribution in [3.05, 3.63) is 204 Å². The molecule has 11 rings (SSSR count). The summed E-state index contributed by atoms with van der Waals surface area (Å²) in [6.07, 6.45) is 0. The molecule has 2 aromatic heterocycles. The van der Waals surface area contributed by atoms with E-state index in [0.29, 0.717) is 0 Å². The van der Waals surface area contributed by atoms with Crippen LogP contribution in [-0.4, -0.2) is 9.55 Å². The Balaban J connectivity index is 1.26. The van der Waals surface area contributed by atoms with Crippen LogP contribution in [0, 0.1) is 0 Å². The first-order valence-corrected chi connectivity index (χ1v) is 18.3. The molecule has 4 heterocycles. The summed E-state index contributed by atoms with van der Waals surface area (Å²) in [6.45, 7) is 0. The summed E-state index contributed by atoms with van der Waals surface area (Å²) >= 11 is 1.88. The predicted molar refractivity (Wildman–Crippen MR) is 211 cm³/mol. The van der Waals surface area contributed by atoms with Gasteiger partial charge >= 0.3 is 0 Å². The Labute approximate surface area is 300 Å². The molecule has 0 amide bonds. The van der Waals surface area contributed by atoms with Gasteiger partial charge < -0.3 is 4.57 Å². The lowest BCUT2D eigenvalue weighted by molar-refractivity contribution is 0.690. The standard InChI is InChI=1S/C48H30N2S/c1-3-15-31(16-4-1)33-29-41(32-17-5-2-6-18-32)49-42(30-33)36-21-14-25-40-47(36)51-45-28-12-9-23-38(45)48(40)37-22-8-11-27-44(37)50-43-26-10-7-19-34(43)35-20-13-24-39(48)46(35)50/h1-30H. The van der Waals surface area contributed by atoms with E-state index in [2.05, 4.69) is 187 Å². The second kappa shape index (κ2) is 10.9. The van der Waals surface area contributed by atoms with Crippen LogP contribution < -0.4 is 0 Å². The van der Waals surface area contributed by atoms with Crippen LogP contribution in [-0.2, 0) is 5.41 Å². The molecule has 1 atom stereocenters. The van der Waals surface area contributed by atoms with Crippen molar-refractivity contribution in [3.63, 3.8) is 0 Å². The number of benzene rings is 7. The fourth-order valence-corrected chi connectivity index (χ4v) is 10.1. The van der Waals surface area contributed by atoms with Crippen molar-refractivity contribution in [2.75, 3.05) is 0 Å². The van der Waals surface area contributed by atoms with Crippen LogP contribution in [0.3, 0.4) is 0 Å². The first-order chi connectivity index (χ1) is 25.3. The van der Waals surface area contributed by atoms with E-state index in [-0.39, 0.29) is 0 Å². The van der Waals surface area contributed by atoms with Gasteiger partial charge in [-0.15, -0.1) is 0 Å². The smallest absolute Gasteiger partial charge is 0.0764 e. The molecule has 0 N–H and O–H groups in total. The van der Waals surface area contributed by atoms with Crippen LogP contribution in [0.25, 0.3) is 61.1 Å². The number of hydrogen-bond acceptors (Lipinski definition) is 2. The Morgan fingerprint density at radius 2 is 1.08 bits per heavy atom. The monoisotopic (exact) mass is 666 g/mol. The zero-order chi connectivity index (χ0) is 33.5. The molecule has 0 saturated carbocycles.